The van der Waals surface area contributed by atoms with E-state index in [-0.39, 0.29) is 23.7 Å². The van der Waals surface area contributed by atoms with Crippen LogP contribution >= 0.6 is 0 Å². The maximum atomic E-state index is 12.9. The van der Waals surface area contributed by atoms with Crippen molar-refractivity contribution in [1.82, 2.24) is 9.80 Å². The molecule has 1 amide bonds. The van der Waals surface area contributed by atoms with Crippen molar-refractivity contribution >= 4 is 17.6 Å². The van der Waals surface area contributed by atoms with Crippen molar-refractivity contribution < 1.29 is 19.2 Å². The molecular formula is C18H27N3O5. The molecule has 0 fully saturated rings. The topological polar surface area (TPSA) is 93.0 Å². The van der Waals surface area contributed by atoms with E-state index in [0.29, 0.717) is 13.1 Å². The van der Waals surface area contributed by atoms with Gasteiger partial charge in [-0.1, -0.05) is 26.8 Å². The number of methoxy groups -OCH3 is 1. The van der Waals surface area contributed by atoms with Gasteiger partial charge in [0.25, 0.3) is 11.6 Å². The molecular weight excluding hydrogens is 338 g/mol. The van der Waals surface area contributed by atoms with Crippen LogP contribution in [0.25, 0.3) is 0 Å². The second kappa shape index (κ2) is 10.5. The summed E-state index contributed by atoms with van der Waals surface area (Å²) in [5.74, 6) is -1.22. The number of carbonyl (C=O) groups is 2. The number of esters is 1. The third kappa shape index (κ3) is 6.11. The zero-order chi connectivity index (χ0) is 19.7. The van der Waals surface area contributed by atoms with Gasteiger partial charge in [0.05, 0.1) is 18.0 Å². The van der Waals surface area contributed by atoms with Crippen LogP contribution in [-0.2, 0) is 9.53 Å². The molecule has 8 nitrogen and oxygen atoms in total. The molecule has 0 radical (unpaired) electrons. The molecule has 0 bridgehead atoms. The van der Waals surface area contributed by atoms with E-state index in [4.69, 9.17) is 4.74 Å². The largest absolute Gasteiger partial charge is 0.469 e. The zero-order valence-corrected chi connectivity index (χ0v) is 15.8. The van der Waals surface area contributed by atoms with E-state index in [9.17, 15) is 19.7 Å². The lowest BCUT2D eigenvalue weighted by atomic mass is 10.1. The lowest BCUT2D eigenvalue weighted by molar-refractivity contribution is -0.384. The predicted octanol–water partition coefficient (Wildman–Crippen LogP) is 2.19. The summed E-state index contributed by atoms with van der Waals surface area (Å²) in [6.45, 7) is 8.73. The highest BCUT2D eigenvalue weighted by atomic mass is 16.6. The van der Waals surface area contributed by atoms with Crippen LogP contribution in [0.2, 0.25) is 0 Å². The van der Waals surface area contributed by atoms with Gasteiger partial charge in [-0.15, -0.1) is 0 Å². The Kier molecular flexibility index (Phi) is 8.71. The van der Waals surface area contributed by atoms with Gasteiger partial charge in [0, 0.05) is 37.3 Å². The molecule has 0 spiro atoms. The van der Waals surface area contributed by atoms with E-state index in [2.05, 4.69) is 4.90 Å². The molecule has 8 heteroatoms. The van der Waals surface area contributed by atoms with Crippen LogP contribution in [-0.4, -0.2) is 66.4 Å². The summed E-state index contributed by atoms with van der Waals surface area (Å²) in [5.41, 5.74) is 0.0939. The number of amides is 1. The van der Waals surface area contributed by atoms with Crippen molar-refractivity contribution in [3.05, 3.63) is 39.9 Å². The highest BCUT2D eigenvalue weighted by molar-refractivity contribution is 5.95. The average Bonchev–Trinajstić information content (AvgIpc) is 2.66. The monoisotopic (exact) mass is 365 g/mol. The highest BCUT2D eigenvalue weighted by Crippen LogP contribution is 2.16. The number of rotatable bonds is 10. The first-order valence-electron chi connectivity index (χ1n) is 8.67. The molecule has 1 rings (SSSR count). The van der Waals surface area contributed by atoms with Crippen LogP contribution in [0.4, 0.5) is 5.69 Å². The van der Waals surface area contributed by atoms with Gasteiger partial charge in [-0.05, 0) is 19.2 Å². The van der Waals surface area contributed by atoms with Crippen LogP contribution in [0.1, 0.15) is 31.1 Å². The summed E-state index contributed by atoms with van der Waals surface area (Å²) in [6.07, 6.45) is 0. The highest BCUT2D eigenvalue weighted by Gasteiger charge is 2.24. The Bertz CT molecular complexity index is 631. The molecule has 0 saturated heterocycles. The second-order valence-corrected chi connectivity index (χ2v) is 6.01. The van der Waals surface area contributed by atoms with Gasteiger partial charge in [0.1, 0.15) is 0 Å². The number of nitrogens with zero attached hydrogens (tertiary/aromatic N) is 3. The minimum Gasteiger partial charge on any atom is -0.469 e. The Morgan fingerprint density at radius 2 is 1.88 bits per heavy atom. The lowest BCUT2D eigenvalue weighted by Gasteiger charge is -2.28. The SMILES string of the molecule is CCN(CC)CCN(CC(C)C(=O)OC)C(=O)c1cccc([N+](=O)[O-])c1. The molecule has 0 aliphatic heterocycles. The van der Waals surface area contributed by atoms with E-state index in [1.807, 2.05) is 13.8 Å². The normalized spacial score (nSPS) is 11.9. The maximum absolute atomic E-state index is 12.9. The fraction of sp³-hybridized carbons (Fsp3) is 0.556. The standard InChI is InChI=1S/C18H27N3O5/c1-5-19(6-2)10-11-20(13-14(3)18(23)26-4)17(22)15-8-7-9-16(12-15)21(24)25/h7-9,12,14H,5-6,10-11,13H2,1-4H3. The molecule has 0 aliphatic carbocycles. The number of hydrogen-bond donors (Lipinski definition) is 0. The predicted molar refractivity (Wildman–Crippen MR) is 98.0 cm³/mol. The van der Waals surface area contributed by atoms with Crippen LogP contribution in [0.5, 0.6) is 0 Å². The molecule has 0 heterocycles. The Morgan fingerprint density at radius 3 is 2.42 bits per heavy atom. The Balaban J connectivity index is 3.01. The summed E-state index contributed by atoms with van der Waals surface area (Å²) in [4.78, 5) is 38.8. The summed E-state index contributed by atoms with van der Waals surface area (Å²) in [7, 11) is 1.31. The molecule has 0 saturated carbocycles. The first kappa shape index (κ1) is 21.6. The van der Waals surface area contributed by atoms with Crippen molar-refractivity contribution in [1.29, 1.82) is 0 Å². The fourth-order valence-electron chi connectivity index (χ4n) is 2.62. The van der Waals surface area contributed by atoms with Crippen LogP contribution in [0, 0.1) is 16.0 Å². The number of hydrogen-bond acceptors (Lipinski definition) is 6. The van der Waals surface area contributed by atoms with E-state index < -0.39 is 16.8 Å². The van der Waals surface area contributed by atoms with Gasteiger partial charge in [-0.3, -0.25) is 19.7 Å². The van der Waals surface area contributed by atoms with Gasteiger partial charge in [-0.25, -0.2) is 0 Å². The van der Waals surface area contributed by atoms with Crippen molar-refractivity contribution in [2.24, 2.45) is 5.92 Å². The summed E-state index contributed by atoms with van der Waals surface area (Å²) < 4.78 is 4.74. The van der Waals surface area contributed by atoms with Crippen LogP contribution in [0.3, 0.4) is 0 Å². The van der Waals surface area contributed by atoms with Crippen molar-refractivity contribution in [3.63, 3.8) is 0 Å². The average molecular weight is 365 g/mol. The lowest BCUT2D eigenvalue weighted by Crippen LogP contribution is -2.42. The molecule has 1 unspecified atom stereocenters. The molecule has 0 aromatic heterocycles. The number of likely N-dealkylation sites (N-methyl/N-ethyl adjacent to an activating group) is 1. The van der Waals surface area contributed by atoms with Crippen molar-refractivity contribution in [2.75, 3.05) is 39.8 Å². The van der Waals surface area contributed by atoms with Crippen LogP contribution < -0.4 is 0 Å². The number of ether oxygens (including phenoxy) is 1. The van der Waals surface area contributed by atoms with Crippen LogP contribution in [0.15, 0.2) is 24.3 Å². The minimum atomic E-state index is -0.534. The third-order valence-corrected chi connectivity index (χ3v) is 4.27. The number of nitro groups is 1. The third-order valence-electron chi connectivity index (χ3n) is 4.27. The summed E-state index contributed by atoms with van der Waals surface area (Å²) in [6, 6.07) is 5.63. The first-order chi connectivity index (χ1) is 12.3. The van der Waals surface area contributed by atoms with E-state index in [1.54, 1.807) is 17.9 Å². The van der Waals surface area contributed by atoms with Gasteiger partial charge >= 0.3 is 5.97 Å². The quantitative estimate of drug-likeness (QED) is 0.358. The van der Waals surface area contributed by atoms with Gasteiger partial charge in [0.15, 0.2) is 0 Å². The molecule has 26 heavy (non-hydrogen) atoms. The fourth-order valence-corrected chi connectivity index (χ4v) is 2.62. The van der Waals surface area contributed by atoms with E-state index in [1.165, 1.54) is 25.3 Å². The maximum Gasteiger partial charge on any atom is 0.310 e. The molecule has 1 atom stereocenters. The van der Waals surface area contributed by atoms with Gasteiger partial charge in [0.2, 0.25) is 0 Å². The van der Waals surface area contributed by atoms with E-state index in [0.717, 1.165) is 13.1 Å². The zero-order valence-electron chi connectivity index (χ0n) is 15.8. The molecule has 0 N–H and O–H groups in total. The molecule has 1 aromatic rings. The summed E-state index contributed by atoms with van der Waals surface area (Å²) >= 11 is 0. The number of nitro benzene ring substituents is 1. The minimum absolute atomic E-state index is 0.138. The van der Waals surface area contributed by atoms with E-state index >= 15 is 0 Å². The smallest absolute Gasteiger partial charge is 0.310 e. The number of non-ortho nitro benzene ring substituents is 1. The second-order valence-electron chi connectivity index (χ2n) is 6.01. The summed E-state index contributed by atoms with van der Waals surface area (Å²) in [5, 5.41) is 11.0. The van der Waals surface area contributed by atoms with Crippen molar-refractivity contribution in [2.45, 2.75) is 20.8 Å². The number of benzene rings is 1. The molecule has 1 aromatic carbocycles. The van der Waals surface area contributed by atoms with Gasteiger partial charge < -0.3 is 14.5 Å². The Labute approximate surface area is 153 Å². The Hall–Kier alpha value is -2.48. The number of carbonyl (C=O) groups excluding carboxylic acids is 2. The molecule has 144 valence electrons. The van der Waals surface area contributed by atoms with Gasteiger partial charge in [-0.2, -0.15) is 0 Å². The Morgan fingerprint density at radius 1 is 1.23 bits per heavy atom. The molecule has 0 aliphatic rings. The first-order valence-corrected chi connectivity index (χ1v) is 8.67. The van der Waals surface area contributed by atoms with Crippen molar-refractivity contribution in [3.8, 4) is 0 Å².